The van der Waals surface area contributed by atoms with Crippen molar-refractivity contribution in [2.75, 3.05) is 6.26 Å². The first-order valence-corrected chi connectivity index (χ1v) is 15.3. The van der Waals surface area contributed by atoms with Gasteiger partial charge < -0.3 is 5.32 Å². The van der Waals surface area contributed by atoms with Gasteiger partial charge in [0, 0.05) is 19.1 Å². The average molecular weight is 656 g/mol. The number of carbonyl (C=O) groups excluding carboxylic acids is 1. The molecule has 0 radical (unpaired) electrons. The van der Waals surface area contributed by atoms with Gasteiger partial charge in [-0.05, 0) is 46.5 Å². The topological polar surface area (TPSA) is 123 Å². The van der Waals surface area contributed by atoms with Gasteiger partial charge in [-0.15, -0.1) is 23.2 Å². The number of nitrogens with zero attached hydrogens (tertiary/aromatic N) is 2. The Bertz CT molecular complexity index is 1640. The van der Waals surface area contributed by atoms with Gasteiger partial charge in [0.25, 0.3) is 0 Å². The molecule has 0 spiro atoms. The molecule has 3 atom stereocenters. The molecule has 226 valence electrons. The summed E-state index contributed by atoms with van der Waals surface area (Å²) in [7, 11) is -3.42. The molecular formula is C29H24Cl2F4N4O3S. The van der Waals surface area contributed by atoms with Crippen molar-refractivity contribution in [1.29, 1.82) is 10.5 Å². The van der Waals surface area contributed by atoms with Gasteiger partial charge in [0.05, 0.1) is 28.6 Å². The highest BCUT2D eigenvalue weighted by atomic mass is 35.5. The molecule has 0 bridgehead atoms. The molecule has 14 heteroatoms. The fourth-order valence-electron chi connectivity index (χ4n) is 4.18. The molecule has 3 rings (SSSR count). The lowest BCUT2D eigenvalue weighted by molar-refractivity contribution is -0.161. The monoisotopic (exact) mass is 654 g/mol. The maximum absolute atomic E-state index is 14.3. The minimum Gasteiger partial charge on any atom is -0.339 e. The summed E-state index contributed by atoms with van der Waals surface area (Å²) in [4.78, 5) is 11.9. The van der Waals surface area contributed by atoms with Crippen LogP contribution in [0.15, 0.2) is 71.6 Å². The number of alkyl halides is 5. The summed E-state index contributed by atoms with van der Waals surface area (Å²) in [5.74, 6) is -1.79. The first-order valence-electron chi connectivity index (χ1n) is 12.5. The van der Waals surface area contributed by atoms with Crippen molar-refractivity contribution >= 4 is 38.9 Å². The Labute approximate surface area is 256 Å². The highest BCUT2D eigenvalue weighted by Crippen LogP contribution is 2.35. The average Bonchev–Trinajstić information content (AvgIpc) is 2.94. The number of nitrogens with one attached hydrogen (secondary N) is 2. The van der Waals surface area contributed by atoms with Gasteiger partial charge in [-0.1, -0.05) is 42.5 Å². The van der Waals surface area contributed by atoms with E-state index in [1.165, 1.54) is 60.7 Å². The molecule has 43 heavy (non-hydrogen) atoms. The molecule has 3 aromatic carbocycles. The third-order valence-corrected chi connectivity index (χ3v) is 7.85. The molecule has 0 saturated heterocycles. The van der Waals surface area contributed by atoms with Crippen LogP contribution in [0.5, 0.6) is 0 Å². The van der Waals surface area contributed by atoms with E-state index in [2.05, 4.69) is 10.6 Å². The molecule has 3 aromatic rings. The number of nitriles is 2. The van der Waals surface area contributed by atoms with Crippen LogP contribution < -0.4 is 10.6 Å². The predicted molar refractivity (Wildman–Crippen MR) is 153 cm³/mol. The van der Waals surface area contributed by atoms with Crippen LogP contribution in [0.2, 0.25) is 0 Å². The van der Waals surface area contributed by atoms with Gasteiger partial charge in [0.1, 0.15) is 22.7 Å². The van der Waals surface area contributed by atoms with Crippen LogP contribution in [0.3, 0.4) is 0 Å². The Morgan fingerprint density at radius 2 is 1.56 bits per heavy atom. The van der Waals surface area contributed by atoms with E-state index in [1.807, 2.05) is 0 Å². The van der Waals surface area contributed by atoms with Crippen LogP contribution in [-0.4, -0.2) is 43.7 Å². The third-order valence-electron chi connectivity index (χ3n) is 6.36. The Kier molecular flexibility index (Phi) is 11.2. The predicted octanol–water partition coefficient (Wildman–Crippen LogP) is 5.77. The number of rotatable bonds is 11. The van der Waals surface area contributed by atoms with E-state index < -0.39 is 57.1 Å². The van der Waals surface area contributed by atoms with Crippen LogP contribution in [0.1, 0.15) is 29.2 Å². The Balaban J connectivity index is 1.82. The van der Waals surface area contributed by atoms with E-state index in [9.17, 15) is 36.0 Å². The maximum atomic E-state index is 14.3. The molecule has 0 fully saturated rings. The van der Waals surface area contributed by atoms with E-state index in [0.717, 1.165) is 12.3 Å². The van der Waals surface area contributed by atoms with Gasteiger partial charge >= 0.3 is 6.18 Å². The van der Waals surface area contributed by atoms with Gasteiger partial charge in [-0.3, -0.25) is 10.1 Å². The molecule has 7 nitrogen and oxygen atoms in total. The lowest BCUT2D eigenvalue weighted by Crippen LogP contribution is -2.52. The van der Waals surface area contributed by atoms with Crippen molar-refractivity contribution in [1.82, 2.24) is 10.6 Å². The zero-order valence-corrected chi connectivity index (χ0v) is 24.7. The largest absolute Gasteiger partial charge is 0.407 e. The molecule has 0 heterocycles. The third kappa shape index (κ3) is 9.40. The molecule has 2 N–H and O–H groups in total. The Hall–Kier alpha value is -3.68. The summed E-state index contributed by atoms with van der Waals surface area (Å²) in [6, 6.07) is 13.0. The molecule has 0 saturated carbocycles. The van der Waals surface area contributed by atoms with Crippen LogP contribution in [0.4, 0.5) is 17.6 Å². The summed E-state index contributed by atoms with van der Waals surface area (Å²) in [5, 5.41) is 23.0. The van der Waals surface area contributed by atoms with E-state index in [0.29, 0.717) is 11.1 Å². The van der Waals surface area contributed by atoms with Gasteiger partial charge in [0.2, 0.25) is 5.91 Å². The maximum Gasteiger partial charge on any atom is 0.407 e. The van der Waals surface area contributed by atoms with E-state index in [-0.39, 0.29) is 28.0 Å². The summed E-state index contributed by atoms with van der Waals surface area (Å²) in [6.07, 6.45) is -4.57. The fourth-order valence-corrected chi connectivity index (χ4v) is 5.16. The summed E-state index contributed by atoms with van der Waals surface area (Å²) in [5.41, 5.74) is 0.920. The zero-order valence-electron chi connectivity index (χ0n) is 22.4. The number of halogens is 6. The molecule has 0 aliphatic heterocycles. The molecule has 0 aliphatic rings. The van der Waals surface area contributed by atoms with Gasteiger partial charge in [-0.25, -0.2) is 12.8 Å². The number of hydrogen-bond acceptors (Lipinski definition) is 6. The van der Waals surface area contributed by atoms with E-state index >= 15 is 0 Å². The highest BCUT2D eigenvalue weighted by molar-refractivity contribution is 7.90. The van der Waals surface area contributed by atoms with Crippen LogP contribution in [0.25, 0.3) is 11.1 Å². The second kappa shape index (κ2) is 14.2. The van der Waals surface area contributed by atoms with Crippen LogP contribution in [0, 0.1) is 28.5 Å². The number of sulfone groups is 1. The summed E-state index contributed by atoms with van der Waals surface area (Å²) in [6.45, 7) is 0. The van der Waals surface area contributed by atoms with Crippen LogP contribution >= 0.6 is 23.2 Å². The van der Waals surface area contributed by atoms with Crippen LogP contribution in [-0.2, 0) is 21.1 Å². The smallest absolute Gasteiger partial charge is 0.339 e. The van der Waals surface area contributed by atoms with Crippen molar-refractivity contribution in [2.24, 2.45) is 0 Å². The van der Waals surface area contributed by atoms with Crippen molar-refractivity contribution in [2.45, 2.75) is 46.9 Å². The summed E-state index contributed by atoms with van der Waals surface area (Å²) < 4.78 is 80.4. The number of carbonyl (C=O) groups is 1. The quantitative estimate of drug-likeness (QED) is 0.200. The minimum atomic E-state index is -4.87. The van der Waals surface area contributed by atoms with Crippen molar-refractivity contribution < 1.29 is 30.8 Å². The number of amides is 1. The minimum absolute atomic E-state index is 0.0159. The Morgan fingerprint density at radius 1 is 0.977 bits per heavy atom. The Morgan fingerprint density at radius 3 is 2.02 bits per heavy atom. The lowest BCUT2D eigenvalue weighted by Gasteiger charge is -2.28. The van der Waals surface area contributed by atoms with Crippen molar-refractivity contribution in [3.8, 4) is 23.3 Å². The van der Waals surface area contributed by atoms with Crippen molar-refractivity contribution in [3.63, 3.8) is 0 Å². The van der Waals surface area contributed by atoms with E-state index in [1.54, 1.807) is 12.1 Å². The second-order valence-corrected chi connectivity index (χ2v) is 12.8. The first-order chi connectivity index (χ1) is 20.1. The summed E-state index contributed by atoms with van der Waals surface area (Å²) >= 11 is 11.6. The fraction of sp³-hybridized carbons (Fsp3) is 0.276. The lowest BCUT2D eigenvalue weighted by atomic mass is 9.99. The molecular weight excluding hydrogens is 631 g/mol. The number of benzene rings is 3. The van der Waals surface area contributed by atoms with Gasteiger partial charge in [-0.2, -0.15) is 23.7 Å². The highest BCUT2D eigenvalue weighted by Gasteiger charge is 2.43. The number of hydrogen-bond donors (Lipinski definition) is 2. The normalized spacial score (nSPS) is 13.9. The first kappa shape index (κ1) is 33.8. The van der Waals surface area contributed by atoms with Crippen molar-refractivity contribution in [3.05, 3.63) is 89.2 Å². The zero-order chi connectivity index (χ0) is 31.9. The van der Waals surface area contributed by atoms with Gasteiger partial charge in [0.15, 0.2) is 9.84 Å². The SMILES string of the molecule is CS(=O)(=O)c1ccc(-c2ccc([C@H](NC(CC(Cl)Cl)C(=O)N[C@H](C#N)Cc3ccc(C#N)cc3F)C(F)(F)F)cc2)cc1. The van der Waals surface area contributed by atoms with E-state index in [4.69, 9.17) is 28.5 Å². The standard InChI is InChI=1S/C29H24Cl2F4N4O3S/c1-43(41,42)23-10-8-19(9-11-23)18-4-6-20(7-5-18)27(29(33,34)35)39-25(14-26(30)31)28(40)38-22(16-37)13-21-3-2-17(15-36)12-24(21)32/h2-12,22,25-27,39H,13-14H2,1H3,(H,38,40)/t22-,25?,27-/m0/s1. The second-order valence-electron chi connectivity index (χ2n) is 9.55. The molecule has 1 amide bonds. The molecule has 0 aromatic heterocycles. The molecule has 0 aliphatic carbocycles. The molecule has 1 unspecified atom stereocenters.